The number of nitrogens with one attached hydrogen (secondary N) is 2. The Balaban J connectivity index is 1.52. The van der Waals surface area contributed by atoms with Crippen LogP contribution in [0.4, 0.5) is 4.39 Å². The number of nitrogens with zero attached hydrogens (tertiary/aromatic N) is 2. The molecule has 11 heteroatoms. The molecule has 32 heavy (non-hydrogen) atoms. The zero-order valence-electron chi connectivity index (χ0n) is 17.1. The maximum atomic E-state index is 13.6. The highest BCUT2D eigenvalue weighted by molar-refractivity contribution is 7.89. The van der Waals surface area contributed by atoms with Crippen molar-refractivity contribution >= 4 is 39.7 Å². The van der Waals surface area contributed by atoms with E-state index in [4.69, 9.17) is 11.6 Å². The molecular weight excluding hydrogens is 459 g/mol. The molecule has 1 heterocycles. The van der Waals surface area contributed by atoms with E-state index in [1.54, 1.807) is 0 Å². The number of benzene rings is 2. The van der Waals surface area contributed by atoms with Crippen LogP contribution in [0.3, 0.4) is 0 Å². The van der Waals surface area contributed by atoms with Crippen molar-refractivity contribution in [3.05, 3.63) is 64.4 Å². The van der Waals surface area contributed by atoms with Gasteiger partial charge in [-0.25, -0.2) is 18.2 Å². The summed E-state index contributed by atoms with van der Waals surface area (Å²) in [4.78, 5) is 24.2. The molecule has 3 rings (SSSR count). The van der Waals surface area contributed by atoms with Crippen LogP contribution >= 0.6 is 11.6 Å². The van der Waals surface area contributed by atoms with Gasteiger partial charge in [-0.15, -0.1) is 0 Å². The van der Waals surface area contributed by atoms with Crippen molar-refractivity contribution in [3.8, 4) is 0 Å². The predicted molar refractivity (Wildman–Crippen MR) is 119 cm³/mol. The van der Waals surface area contributed by atoms with Crippen LogP contribution in [0.2, 0.25) is 5.02 Å². The van der Waals surface area contributed by atoms with Gasteiger partial charge < -0.3 is 5.32 Å². The molecular formula is C21H22ClFN4O4S. The topological polar surface area (TPSA) is 108 Å². The Morgan fingerprint density at radius 2 is 1.78 bits per heavy atom. The van der Waals surface area contributed by atoms with Gasteiger partial charge in [0.2, 0.25) is 10.0 Å². The first kappa shape index (κ1) is 23.8. The number of piperidine rings is 1. The molecule has 0 radical (unpaired) electrons. The number of hydrogen-bond acceptors (Lipinski definition) is 5. The molecule has 8 nitrogen and oxygen atoms in total. The molecule has 0 unspecified atom stereocenters. The number of carbonyl (C=O) groups is 2. The predicted octanol–water partition coefficient (Wildman–Crippen LogP) is 2.53. The summed E-state index contributed by atoms with van der Waals surface area (Å²) in [6.45, 7) is 0.603. The van der Waals surface area contributed by atoms with Crippen LogP contribution in [0.25, 0.3) is 0 Å². The van der Waals surface area contributed by atoms with Crippen LogP contribution in [0.15, 0.2) is 52.5 Å². The summed E-state index contributed by atoms with van der Waals surface area (Å²) in [5.74, 6) is -1.77. The summed E-state index contributed by atoms with van der Waals surface area (Å²) in [5, 5.41) is 6.17. The zero-order chi connectivity index (χ0) is 23.1. The smallest absolute Gasteiger partial charge is 0.259 e. The Morgan fingerprint density at radius 1 is 1.09 bits per heavy atom. The molecule has 1 saturated heterocycles. The van der Waals surface area contributed by atoms with Crippen molar-refractivity contribution in [2.75, 3.05) is 19.6 Å². The van der Waals surface area contributed by atoms with E-state index in [1.165, 1.54) is 46.8 Å². The van der Waals surface area contributed by atoms with E-state index in [9.17, 15) is 22.4 Å². The number of hydrogen-bond donors (Lipinski definition) is 2. The standard InChI is InChI=1S/C21H22ClFN4O4S/c22-18-5-4-6-19(23)17(18)13-25-26-20(28)14-24-21(29)15-7-9-16(10-8-15)32(30,31)27-11-2-1-3-12-27/h4-10,13H,1-3,11-12,14H2,(H,24,29)(H,26,28)/b25-13+. The van der Waals surface area contributed by atoms with Crippen LogP contribution in [-0.2, 0) is 14.8 Å². The number of rotatable bonds is 7. The molecule has 2 aromatic rings. The highest BCUT2D eigenvalue weighted by Crippen LogP contribution is 2.21. The molecule has 0 saturated carbocycles. The lowest BCUT2D eigenvalue weighted by Gasteiger charge is -2.25. The molecule has 2 aromatic carbocycles. The number of carbonyl (C=O) groups excluding carboxylic acids is 2. The van der Waals surface area contributed by atoms with Gasteiger partial charge >= 0.3 is 0 Å². The third-order valence-corrected chi connectivity index (χ3v) is 7.10. The van der Waals surface area contributed by atoms with Crippen molar-refractivity contribution in [2.24, 2.45) is 5.10 Å². The maximum absolute atomic E-state index is 13.6. The molecule has 0 bridgehead atoms. The van der Waals surface area contributed by atoms with Gasteiger partial charge in [-0.3, -0.25) is 9.59 Å². The first-order chi connectivity index (χ1) is 15.3. The summed E-state index contributed by atoms with van der Waals surface area (Å²) < 4.78 is 40.4. The van der Waals surface area contributed by atoms with Gasteiger partial charge in [-0.2, -0.15) is 9.41 Å². The molecule has 1 aliphatic heterocycles. The largest absolute Gasteiger partial charge is 0.343 e. The Morgan fingerprint density at radius 3 is 2.44 bits per heavy atom. The molecule has 1 fully saturated rings. The van der Waals surface area contributed by atoms with E-state index in [-0.39, 0.29) is 27.6 Å². The zero-order valence-corrected chi connectivity index (χ0v) is 18.6. The molecule has 0 aliphatic carbocycles. The monoisotopic (exact) mass is 480 g/mol. The second-order valence-electron chi connectivity index (χ2n) is 7.10. The second kappa shape index (κ2) is 10.7. The third-order valence-electron chi connectivity index (χ3n) is 4.86. The summed E-state index contributed by atoms with van der Waals surface area (Å²) >= 11 is 5.86. The van der Waals surface area contributed by atoms with Crippen molar-refractivity contribution in [1.82, 2.24) is 15.0 Å². The van der Waals surface area contributed by atoms with Gasteiger partial charge in [-0.1, -0.05) is 24.1 Å². The fraction of sp³-hybridized carbons (Fsp3) is 0.286. The van der Waals surface area contributed by atoms with E-state index in [0.717, 1.165) is 25.5 Å². The van der Waals surface area contributed by atoms with Crippen molar-refractivity contribution < 1.29 is 22.4 Å². The van der Waals surface area contributed by atoms with Crippen LogP contribution in [-0.4, -0.2) is 50.4 Å². The van der Waals surface area contributed by atoms with Gasteiger partial charge in [0.1, 0.15) is 5.82 Å². The maximum Gasteiger partial charge on any atom is 0.259 e. The van der Waals surface area contributed by atoms with Crippen LogP contribution in [0.5, 0.6) is 0 Å². The fourth-order valence-electron chi connectivity index (χ4n) is 3.14. The number of hydrazone groups is 1. The average Bonchev–Trinajstić information content (AvgIpc) is 2.80. The summed E-state index contributed by atoms with van der Waals surface area (Å²) in [6, 6.07) is 9.67. The van der Waals surface area contributed by atoms with Gasteiger partial charge in [-0.05, 0) is 49.2 Å². The lowest BCUT2D eigenvalue weighted by molar-refractivity contribution is -0.120. The van der Waals surface area contributed by atoms with E-state index in [2.05, 4.69) is 15.8 Å². The normalized spacial score (nSPS) is 14.9. The number of sulfonamides is 1. The fourth-order valence-corrected chi connectivity index (χ4v) is 4.87. The van der Waals surface area contributed by atoms with Crippen molar-refractivity contribution in [2.45, 2.75) is 24.2 Å². The lowest BCUT2D eigenvalue weighted by Crippen LogP contribution is -2.36. The lowest BCUT2D eigenvalue weighted by atomic mass is 10.2. The summed E-state index contributed by atoms with van der Waals surface area (Å²) in [5.41, 5.74) is 2.40. The molecule has 0 spiro atoms. The summed E-state index contributed by atoms with van der Waals surface area (Å²) in [7, 11) is -3.58. The molecule has 2 amide bonds. The van der Waals surface area contributed by atoms with Crippen LogP contribution in [0, 0.1) is 5.82 Å². The van der Waals surface area contributed by atoms with Gasteiger partial charge in [0.05, 0.1) is 22.7 Å². The first-order valence-corrected chi connectivity index (χ1v) is 11.7. The summed E-state index contributed by atoms with van der Waals surface area (Å²) in [6.07, 6.45) is 3.75. The van der Waals surface area contributed by atoms with E-state index in [1.807, 2.05) is 0 Å². The van der Waals surface area contributed by atoms with Crippen LogP contribution < -0.4 is 10.7 Å². The number of halogens is 2. The van der Waals surface area contributed by atoms with Crippen molar-refractivity contribution in [3.63, 3.8) is 0 Å². The quantitative estimate of drug-likeness (QED) is 0.469. The second-order valence-corrected chi connectivity index (χ2v) is 9.45. The Bertz CT molecular complexity index is 1100. The average molecular weight is 481 g/mol. The van der Waals surface area contributed by atoms with Crippen LogP contribution in [0.1, 0.15) is 35.2 Å². The Labute approximate surface area is 190 Å². The van der Waals surface area contributed by atoms with E-state index >= 15 is 0 Å². The van der Waals surface area contributed by atoms with E-state index in [0.29, 0.717) is 13.1 Å². The molecule has 170 valence electrons. The minimum atomic E-state index is -3.58. The minimum Gasteiger partial charge on any atom is -0.343 e. The third kappa shape index (κ3) is 5.90. The number of amides is 2. The molecule has 0 atom stereocenters. The SMILES string of the molecule is O=C(CNC(=O)c1ccc(S(=O)(=O)N2CCCCC2)cc1)N/N=C/c1c(F)cccc1Cl. The van der Waals surface area contributed by atoms with Gasteiger partial charge in [0.15, 0.2) is 0 Å². The highest BCUT2D eigenvalue weighted by atomic mass is 35.5. The van der Waals surface area contributed by atoms with Gasteiger partial charge in [0, 0.05) is 24.2 Å². The van der Waals surface area contributed by atoms with E-state index < -0.39 is 27.7 Å². The first-order valence-electron chi connectivity index (χ1n) is 9.93. The molecule has 0 aromatic heterocycles. The van der Waals surface area contributed by atoms with Crippen molar-refractivity contribution in [1.29, 1.82) is 0 Å². The highest BCUT2D eigenvalue weighted by Gasteiger charge is 2.25. The Kier molecular flexibility index (Phi) is 7.94. The molecule has 2 N–H and O–H groups in total. The van der Waals surface area contributed by atoms with Gasteiger partial charge in [0.25, 0.3) is 11.8 Å². The Hall–Kier alpha value is -2.82. The minimum absolute atomic E-state index is 0.0260. The molecule has 1 aliphatic rings.